The van der Waals surface area contributed by atoms with Crippen LogP contribution in [0.5, 0.6) is 0 Å². The summed E-state index contributed by atoms with van der Waals surface area (Å²) in [5.41, 5.74) is 5.27. The zero-order valence-corrected chi connectivity index (χ0v) is 11.7. The van der Waals surface area contributed by atoms with Gasteiger partial charge < -0.3 is 10.6 Å². The first-order valence-electron chi connectivity index (χ1n) is 5.38. The van der Waals surface area contributed by atoms with Crippen LogP contribution in [0.15, 0.2) is 22.7 Å². The molecule has 0 spiro atoms. The van der Waals surface area contributed by atoms with Gasteiger partial charge in [-0.3, -0.25) is 9.59 Å². The maximum Gasteiger partial charge on any atom is 0.255 e. The lowest BCUT2D eigenvalue weighted by atomic mass is 10.1. The van der Waals surface area contributed by atoms with Gasteiger partial charge in [-0.25, -0.2) is 4.39 Å². The standard InChI is InChI=1S/C12H14BrFN2O2/c1-7(2)16(6-10(15)17)12(18)8-4-3-5-9(14)11(8)13/h3-5,7H,6H2,1-2H3,(H2,15,17). The molecule has 0 unspecified atom stereocenters. The SMILES string of the molecule is CC(C)N(CC(N)=O)C(=O)c1cccc(F)c1Br. The van der Waals surface area contributed by atoms with Crippen LogP contribution in [0.4, 0.5) is 4.39 Å². The summed E-state index contributed by atoms with van der Waals surface area (Å²) in [4.78, 5) is 24.5. The van der Waals surface area contributed by atoms with Gasteiger partial charge in [-0.1, -0.05) is 6.07 Å². The van der Waals surface area contributed by atoms with Gasteiger partial charge in [-0.2, -0.15) is 0 Å². The molecule has 0 bridgehead atoms. The molecule has 0 fully saturated rings. The zero-order chi connectivity index (χ0) is 13.9. The van der Waals surface area contributed by atoms with Crippen LogP contribution in [-0.2, 0) is 4.79 Å². The largest absolute Gasteiger partial charge is 0.368 e. The molecule has 0 aliphatic rings. The van der Waals surface area contributed by atoms with E-state index in [2.05, 4.69) is 15.9 Å². The number of rotatable bonds is 4. The third-order valence-corrected chi connectivity index (χ3v) is 3.20. The number of carbonyl (C=O) groups is 2. The topological polar surface area (TPSA) is 63.4 Å². The van der Waals surface area contributed by atoms with Crippen LogP contribution in [0.25, 0.3) is 0 Å². The van der Waals surface area contributed by atoms with Crippen molar-refractivity contribution in [1.29, 1.82) is 0 Å². The predicted molar refractivity (Wildman–Crippen MR) is 69.5 cm³/mol. The van der Waals surface area contributed by atoms with Crippen LogP contribution < -0.4 is 5.73 Å². The Labute approximate surface area is 113 Å². The van der Waals surface area contributed by atoms with Gasteiger partial charge in [0.15, 0.2) is 0 Å². The van der Waals surface area contributed by atoms with E-state index in [0.717, 1.165) is 0 Å². The number of primary amides is 1. The summed E-state index contributed by atoms with van der Waals surface area (Å²) in [6, 6.07) is 3.97. The van der Waals surface area contributed by atoms with Crippen molar-refractivity contribution in [3.8, 4) is 0 Å². The van der Waals surface area contributed by atoms with Crippen LogP contribution in [0.3, 0.4) is 0 Å². The van der Waals surface area contributed by atoms with Gasteiger partial charge in [-0.15, -0.1) is 0 Å². The molecular formula is C12H14BrFN2O2. The van der Waals surface area contributed by atoms with Crippen molar-refractivity contribution >= 4 is 27.7 Å². The molecule has 0 saturated carbocycles. The number of hydrogen-bond donors (Lipinski definition) is 1. The molecule has 0 saturated heterocycles. The van der Waals surface area contributed by atoms with Gasteiger partial charge in [0.05, 0.1) is 16.6 Å². The molecule has 0 radical (unpaired) electrons. The van der Waals surface area contributed by atoms with Crippen molar-refractivity contribution in [1.82, 2.24) is 4.90 Å². The molecule has 0 aromatic heterocycles. The highest BCUT2D eigenvalue weighted by molar-refractivity contribution is 9.10. The Balaban J connectivity index is 3.10. The fraction of sp³-hybridized carbons (Fsp3) is 0.333. The summed E-state index contributed by atoms with van der Waals surface area (Å²) in [5.74, 6) is -1.57. The first-order valence-corrected chi connectivity index (χ1v) is 6.17. The van der Waals surface area contributed by atoms with E-state index in [4.69, 9.17) is 5.73 Å². The highest BCUT2D eigenvalue weighted by atomic mass is 79.9. The summed E-state index contributed by atoms with van der Waals surface area (Å²) in [5, 5.41) is 0. The van der Waals surface area contributed by atoms with Crippen LogP contribution in [0.2, 0.25) is 0 Å². The van der Waals surface area contributed by atoms with E-state index < -0.39 is 17.6 Å². The second kappa shape index (κ2) is 5.95. The van der Waals surface area contributed by atoms with E-state index in [1.165, 1.54) is 23.1 Å². The van der Waals surface area contributed by atoms with Crippen molar-refractivity contribution < 1.29 is 14.0 Å². The molecule has 0 aliphatic heterocycles. The average Bonchev–Trinajstić information content (AvgIpc) is 2.28. The van der Waals surface area contributed by atoms with E-state index >= 15 is 0 Å². The number of carbonyl (C=O) groups excluding carboxylic acids is 2. The zero-order valence-electron chi connectivity index (χ0n) is 10.1. The highest BCUT2D eigenvalue weighted by Gasteiger charge is 2.23. The van der Waals surface area contributed by atoms with Gasteiger partial charge in [0, 0.05) is 6.04 Å². The molecule has 0 aliphatic carbocycles. The van der Waals surface area contributed by atoms with E-state index in [1.807, 2.05) is 0 Å². The molecule has 1 aromatic rings. The number of benzene rings is 1. The number of halogens is 2. The number of nitrogens with zero attached hydrogens (tertiary/aromatic N) is 1. The van der Waals surface area contributed by atoms with Gasteiger partial charge in [0.1, 0.15) is 5.82 Å². The lowest BCUT2D eigenvalue weighted by Crippen LogP contribution is -2.42. The van der Waals surface area contributed by atoms with Gasteiger partial charge in [0.25, 0.3) is 5.91 Å². The minimum atomic E-state index is -0.607. The monoisotopic (exact) mass is 316 g/mol. The Bertz CT molecular complexity index is 477. The predicted octanol–water partition coefficient (Wildman–Crippen LogP) is 1.92. The molecule has 1 rings (SSSR count). The quantitative estimate of drug-likeness (QED) is 0.922. The Morgan fingerprint density at radius 2 is 2.06 bits per heavy atom. The lowest BCUT2D eigenvalue weighted by Gasteiger charge is -2.25. The summed E-state index contributed by atoms with van der Waals surface area (Å²) in [6.07, 6.45) is 0. The second-order valence-corrected chi connectivity index (χ2v) is 4.89. The summed E-state index contributed by atoms with van der Waals surface area (Å²) < 4.78 is 13.4. The molecule has 2 N–H and O–H groups in total. The van der Waals surface area contributed by atoms with Crippen molar-refractivity contribution in [3.05, 3.63) is 34.1 Å². The van der Waals surface area contributed by atoms with Crippen molar-refractivity contribution in [2.24, 2.45) is 5.73 Å². The van der Waals surface area contributed by atoms with Gasteiger partial charge in [-0.05, 0) is 41.9 Å². The van der Waals surface area contributed by atoms with Crippen LogP contribution >= 0.6 is 15.9 Å². The molecule has 6 heteroatoms. The molecular weight excluding hydrogens is 303 g/mol. The minimum absolute atomic E-state index is 0.0881. The van der Waals surface area contributed by atoms with E-state index in [-0.39, 0.29) is 22.6 Å². The van der Waals surface area contributed by atoms with Crippen LogP contribution in [-0.4, -0.2) is 29.3 Å². The van der Waals surface area contributed by atoms with E-state index in [1.54, 1.807) is 13.8 Å². The number of nitrogens with two attached hydrogens (primary N) is 1. The van der Waals surface area contributed by atoms with Crippen molar-refractivity contribution in [2.75, 3.05) is 6.54 Å². The Kier molecular flexibility index (Phi) is 4.84. The summed E-state index contributed by atoms with van der Waals surface area (Å²) in [7, 11) is 0. The Morgan fingerprint density at radius 3 is 2.56 bits per heavy atom. The molecule has 18 heavy (non-hydrogen) atoms. The highest BCUT2D eigenvalue weighted by Crippen LogP contribution is 2.22. The first-order chi connectivity index (χ1) is 8.34. The first kappa shape index (κ1) is 14.6. The van der Waals surface area contributed by atoms with Gasteiger partial charge >= 0.3 is 0 Å². The Hall–Kier alpha value is -1.43. The molecule has 1 aromatic carbocycles. The number of amides is 2. The average molecular weight is 317 g/mol. The molecule has 2 amide bonds. The van der Waals surface area contributed by atoms with E-state index in [9.17, 15) is 14.0 Å². The maximum absolute atomic E-state index is 13.4. The summed E-state index contributed by atoms with van der Waals surface area (Å²) >= 11 is 3.03. The van der Waals surface area contributed by atoms with Crippen LogP contribution in [0.1, 0.15) is 24.2 Å². The van der Waals surface area contributed by atoms with Crippen molar-refractivity contribution in [2.45, 2.75) is 19.9 Å². The third kappa shape index (κ3) is 3.29. The second-order valence-electron chi connectivity index (χ2n) is 4.09. The molecule has 4 nitrogen and oxygen atoms in total. The fourth-order valence-electron chi connectivity index (χ4n) is 1.48. The number of hydrogen-bond acceptors (Lipinski definition) is 2. The smallest absolute Gasteiger partial charge is 0.255 e. The van der Waals surface area contributed by atoms with Crippen molar-refractivity contribution in [3.63, 3.8) is 0 Å². The minimum Gasteiger partial charge on any atom is -0.368 e. The maximum atomic E-state index is 13.4. The Morgan fingerprint density at radius 1 is 1.44 bits per heavy atom. The van der Waals surface area contributed by atoms with Crippen LogP contribution in [0, 0.1) is 5.82 Å². The van der Waals surface area contributed by atoms with E-state index in [0.29, 0.717) is 0 Å². The molecule has 98 valence electrons. The fourth-order valence-corrected chi connectivity index (χ4v) is 1.91. The molecule has 0 heterocycles. The molecule has 0 atom stereocenters. The lowest BCUT2D eigenvalue weighted by molar-refractivity contribution is -0.119. The van der Waals surface area contributed by atoms with Gasteiger partial charge in [0.2, 0.25) is 5.91 Å². The third-order valence-electron chi connectivity index (χ3n) is 2.39. The normalized spacial score (nSPS) is 10.5. The summed E-state index contributed by atoms with van der Waals surface area (Å²) in [6.45, 7) is 3.32.